The van der Waals surface area contributed by atoms with Crippen LogP contribution in [0.2, 0.25) is 0 Å². The Kier molecular flexibility index (Phi) is 3.36. The second kappa shape index (κ2) is 5.17. The molecule has 0 saturated heterocycles. The summed E-state index contributed by atoms with van der Waals surface area (Å²) in [5.41, 5.74) is 5.43. The van der Waals surface area contributed by atoms with E-state index < -0.39 is 0 Å². The van der Waals surface area contributed by atoms with Crippen molar-refractivity contribution >= 4 is 0 Å². The van der Waals surface area contributed by atoms with Gasteiger partial charge in [0.05, 0.1) is 5.92 Å². The fourth-order valence-electron chi connectivity index (χ4n) is 3.37. The van der Waals surface area contributed by atoms with Crippen molar-refractivity contribution in [2.24, 2.45) is 5.92 Å². The van der Waals surface area contributed by atoms with Crippen LogP contribution >= 0.6 is 0 Å². The first-order valence-corrected chi connectivity index (χ1v) is 7.32. The van der Waals surface area contributed by atoms with Crippen LogP contribution in [0.25, 0.3) is 0 Å². The van der Waals surface area contributed by atoms with Crippen molar-refractivity contribution in [3.63, 3.8) is 0 Å². The lowest BCUT2D eigenvalue weighted by atomic mass is 9.74. The average molecular weight is 260 g/mol. The summed E-state index contributed by atoms with van der Waals surface area (Å²) >= 11 is 0. The topological polar surface area (TPSA) is 0 Å². The summed E-state index contributed by atoms with van der Waals surface area (Å²) in [5.74, 6) is 4.05. The molecule has 0 radical (unpaired) electrons. The quantitative estimate of drug-likeness (QED) is 0.583. The van der Waals surface area contributed by atoms with Crippen molar-refractivity contribution < 1.29 is 0 Å². The van der Waals surface area contributed by atoms with Crippen LogP contribution in [-0.2, 0) is 0 Å². The van der Waals surface area contributed by atoms with Crippen molar-refractivity contribution in [1.29, 1.82) is 0 Å². The standard InChI is InChI=1S/C20H20/c1-4-17-16-8-5-7-15(3)18-12-11-14(2)13-20(18)19(17)10-6-9-16/h1,5-9,11-13,15,17,19H,10H2,2-3H3/b7-5-,16-8-. The summed E-state index contributed by atoms with van der Waals surface area (Å²) in [6.07, 6.45) is 17.9. The first-order valence-electron chi connectivity index (χ1n) is 7.32. The Morgan fingerprint density at radius 3 is 2.90 bits per heavy atom. The molecule has 2 aliphatic carbocycles. The lowest BCUT2D eigenvalue weighted by Gasteiger charge is -2.29. The molecule has 20 heavy (non-hydrogen) atoms. The van der Waals surface area contributed by atoms with Crippen LogP contribution in [0.1, 0.15) is 41.9 Å². The van der Waals surface area contributed by atoms with E-state index in [0.29, 0.717) is 11.8 Å². The molecule has 0 saturated carbocycles. The molecule has 3 atom stereocenters. The van der Waals surface area contributed by atoms with Gasteiger partial charge in [0, 0.05) is 5.92 Å². The maximum Gasteiger partial charge on any atom is 0.0521 e. The van der Waals surface area contributed by atoms with E-state index in [1.165, 1.54) is 22.3 Å². The maximum absolute atomic E-state index is 5.85. The Bertz CT molecular complexity index is 649. The predicted octanol–water partition coefficient (Wildman–Crippen LogP) is 4.89. The molecule has 0 heterocycles. The first-order chi connectivity index (χ1) is 9.70. The van der Waals surface area contributed by atoms with Crippen LogP contribution in [-0.4, -0.2) is 0 Å². The molecule has 2 aliphatic rings. The van der Waals surface area contributed by atoms with E-state index in [9.17, 15) is 0 Å². The molecule has 1 aromatic carbocycles. The fourth-order valence-corrected chi connectivity index (χ4v) is 3.37. The minimum Gasteiger partial charge on any atom is -0.119 e. The smallest absolute Gasteiger partial charge is 0.0521 e. The minimum absolute atomic E-state index is 0.190. The third-order valence-electron chi connectivity index (χ3n) is 4.46. The Hall–Kier alpha value is -2.00. The molecular weight excluding hydrogens is 240 g/mol. The summed E-state index contributed by atoms with van der Waals surface area (Å²) in [4.78, 5) is 0. The van der Waals surface area contributed by atoms with Gasteiger partial charge < -0.3 is 0 Å². The van der Waals surface area contributed by atoms with Crippen molar-refractivity contribution in [2.45, 2.75) is 32.1 Å². The van der Waals surface area contributed by atoms with Crippen LogP contribution < -0.4 is 0 Å². The highest BCUT2D eigenvalue weighted by Crippen LogP contribution is 2.41. The van der Waals surface area contributed by atoms with E-state index >= 15 is 0 Å². The highest BCUT2D eigenvalue weighted by Gasteiger charge is 2.28. The zero-order valence-corrected chi connectivity index (χ0v) is 12.1. The van der Waals surface area contributed by atoms with Crippen LogP contribution in [0.4, 0.5) is 0 Å². The Labute approximate surface area is 121 Å². The summed E-state index contributed by atoms with van der Waals surface area (Å²) in [5, 5.41) is 0. The third-order valence-corrected chi connectivity index (χ3v) is 4.46. The van der Waals surface area contributed by atoms with Gasteiger partial charge in [0.15, 0.2) is 0 Å². The number of hydrogen-bond acceptors (Lipinski definition) is 0. The van der Waals surface area contributed by atoms with Gasteiger partial charge >= 0.3 is 0 Å². The van der Waals surface area contributed by atoms with Crippen LogP contribution in [0.5, 0.6) is 0 Å². The molecule has 0 spiro atoms. The Morgan fingerprint density at radius 1 is 1.25 bits per heavy atom. The van der Waals surface area contributed by atoms with Crippen molar-refractivity contribution in [3.05, 3.63) is 70.8 Å². The van der Waals surface area contributed by atoms with E-state index in [1.807, 2.05) is 0 Å². The second-order valence-electron chi connectivity index (χ2n) is 5.86. The number of benzene rings is 1. The van der Waals surface area contributed by atoms with Gasteiger partial charge in [0.1, 0.15) is 0 Å². The molecule has 0 heteroatoms. The minimum atomic E-state index is 0.190. The largest absolute Gasteiger partial charge is 0.119 e. The first kappa shape index (κ1) is 13.0. The molecule has 3 unspecified atom stereocenters. The van der Waals surface area contributed by atoms with Gasteiger partial charge in [-0.25, -0.2) is 0 Å². The third kappa shape index (κ3) is 2.14. The van der Waals surface area contributed by atoms with Gasteiger partial charge in [0.2, 0.25) is 0 Å². The predicted molar refractivity (Wildman–Crippen MR) is 85.6 cm³/mol. The van der Waals surface area contributed by atoms with Crippen LogP contribution in [0.15, 0.2) is 54.2 Å². The van der Waals surface area contributed by atoms with Crippen molar-refractivity contribution in [1.82, 2.24) is 0 Å². The van der Waals surface area contributed by atoms with Crippen LogP contribution in [0.3, 0.4) is 0 Å². The number of aryl methyl sites for hydroxylation is 1. The Morgan fingerprint density at radius 2 is 2.10 bits per heavy atom. The van der Waals surface area contributed by atoms with E-state index in [1.54, 1.807) is 0 Å². The molecule has 0 N–H and O–H groups in total. The molecule has 0 nitrogen and oxygen atoms in total. The molecule has 1 aromatic rings. The lowest BCUT2D eigenvalue weighted by molar-refractivity contribution is 0.577. The van der Waals surface area contributed by atoms with E-state index in [4.69, 9.17) is 6.42 Å². The number of terminal acetylenes is 1. The second-order valence-corrected chi connectivity index (χ2v) is 5.86. The maximum atomic E-state index is 5.85. The number of rotatable bonds is 0. The van der Waals surface area contributed by atoms with Gasteiger partial charge in [-0.05, 0) is 36.0 Å². The molecule has 0 aliphatic heterocycles. The van der Waals surface area contributed by atoms with Gasteiger partial charge in [-0.3, -0.25) is 0 Å². The monoisotopic (exact) mass is 260 g/mol. The average Bonchev–Trinajstić information content (AvgIpc) is 2.48. The van der Waals surface area contributed by atoms with Crippen molar-refractivity contribution in [3.8, 4) is 12.3 Å². The molecule has 3 rings (SSSR count). The van der Waals surface area contributed by atoms with Crippen LogP contribution in [0, 0.1) is 25.2 Å². The highest BCUT2D eigenvalue weighted by molar-refractivity contribution is 5.46. The number of fused-ring (bicyclic) bond motifs is 4. The molecule has 100 valence electrons. The van der Waals surface area contributed by atoms with E-state index in [-0.39, 0.29) is 5.92 Å². The zero-order valence-electron chi connectivity index (χ0n) is 12.1. The van der Waals surface area contributed by atoms with Crippen molar-refractivity contribution in [2.75, 3.05) is 0 Å². The van der Waals surface area contributed by atoms with E-state index in [2.05, 4.69) is 68.3 Å². The summed E-state index contributed by atoms with van der Waals surface area (Å²) in [6.45, 7) is 4.42. The number of hydrogen-bond donors (Lipinski definition) is 0. The summed E-state index contributed by atoms with van der Waals surface area (Å²) in [7, 11) is 0. The lowest BCUT2D eigenvalue weighted by Crippen LogP contribution is -2.17. The van der Waals surface area contributed by atoms with Gasteiger partial charge in [-0.1, -0.05) is 67.0 Å². The molecule has 0 amide bonds. The van der Waals surface area contributed by atoms with Gasteiger partial charge in [-0.2, -0.15) is 0 Å². The Balaban J connectivity index is 2.24. The zero-order chi connectivity index (χ0) is 14.1. The fraction of sp³-hybridized carbons (Fsp3) is 0.300. The molecule has 0 aromatic heterocycles. The van der Waals surface area contributed by atoms with Gasteiger partial charge in [-0.15, -0.1) is 6.42 Å². The van der Waals surface area contributed by atoms with E-state index in [0.717, 1.165) is 6.42 Å². The molecule has 0 fully saturated rings. The highest BCUT2D eigenvalue weighted by atomic mass is 14.3. The SMILES string of the molecule is C#CC1/C2=C\C=C/C(C)c3ccc(C)cc3C1CC=C2. The molecular formula is C20H20. The summed E-state index contributed by atoms with van der Waals surface area (Å²) in [6, 6.07) is 6.81. The summed E-state index contributed by atoms with van der Waals surface area (Å²) < 4.78 is 0. The number of allylic oxidation sites excluding steroid dienone is 6. The molecule has 2 bridgehead atoms. The van der Waals surface area contributed by atoms with Gasteiger partial charge in [0.25, 0.3) is 0 Å². The normalized spacial score (nSPS) is 31.9.